The van der Waals surface area contributed by atoms with Crippen molar-refractivity contribution in [3.63, 3.8) is 0 Å². The van der Waals surface area contributed by atoms with Crippen LogP contribution in [0.2, 0.25) is 0 Å². The van der Waals surface area contributed by atoms with Gasteiger partial charge in [-0.2, -0.15) is 0 Å². The predicted octanol–water partition coefficient (Wildman–Crippen LogP) is 3.73. The molecule has 1 fully saturated rings. The van der Waals surface area contributed by atoms with E-state index in [-0.39, 0.29) is 5.88 Å². The van der Waals surface area contributed by atoms with Gasteiger partial charge in [0.05, 0.1) is 56.7 Å². The number of hydrogen-bond donors (Lipinski definition) is 2. The molecule has 5 aromatic rings. The Labute approximate surface area is 233 Å². The summed E-state index contributed by atoms with van der Waals surface area (Å²) in [6.07, 6.45) is 1.62. The lowest BCUT2D eigenvalue weighted by Gasteiger charge is -2.18. The van der Waals surface area contributed by atoms with Crippen LogP contribution in [0.5, 0.6) is 11.5 Å². The topological polar surface area (TPSA) is 129 Å². The first-order valence-electron chi connectivity index (χ1n) is 12.6. The summed E-state index contributed by atoms with van der Waals surface area (Å²) in [7, 11) is 3.22. The second kappa shape index (κ2) is 10.8. The molecule has 3 N–H and O–H groups in total. The first kappa shape index (κ1) is 25.6. The summed E-state index contributed by atoms with van der Waals surface area (Å²) in [6.45, 7) is 2.52. The third-order valence-corrected chi connectivity index (χ3v) is 7.74. The van der Waals surface area contributed by atoms with Gasteiger partial charge in [0.25, 0.3) is 12.1 Å². The van der Waals surface area contributed by atoms with E-state index < -0.39 is 5.91 Å². The number of methoxy groups -OCH3 is 2. The Bertz CT molecular complexity index is 1680. The van der Waals surface area contributed by atoms with Crippen molar-refractivity contribution in [2.45, 2.75) is 0 Å². The number of rotatable bonds is 7. The number of benzene rings is 2. The normalized spacial score (nSPS) is 13.4. The first-order chi connectivity index (χ1) is 19.6. The summed E-state index contributed by atoms with van der Waals surface area (Å²) >= 11 is 1.21. The number of anilines is 2. The van der Waals surface area contributed by atoms with Crippen molar-refractivity contribution in [2.24, 2.45) is 0 Å². The van der Waals surface area contributed by atoms with Gasteiger partial charge in [0.15, 0.2) is 0 Å². The molecule has 0 atom stereocenters. The molecular weight excluding hydrogens is 532 g/mol. The summed E-state index contributed by atoms with van der Waals surface area (Å²) in [5.74, 6) is 1.07. The van der Waals surface area contributed by atoms with Crippen LogP contribution in [0.4, 0.5) is 11.6 Å². The predicted molar refractivity (Wildman–Crippen MR) is 151 cm³/mol. The van der Waals surface area contributed by atoms with E-state index in [1.54, 1.807) is 25.2 Å². The molecule has 1 aliphatic heterocycles. The minimum Gasteiger partial charge on any atom is -0.497 e. The summed E-state index contributed by atoms with van der Waals surface area (Å²) in [4.78, 5) is 20.8. The zero-order chi connectivity index (χ0) is 27.6. The molecule has 0 spiro atoms. The maximum atomic E-state index is 13.4. The van der Waals surface area contributed by atoms with E-state index in [4.69, 9.17) is 29.5 Å². The molecule has 4 heterocycles. The van der Waals surface area contributed by atoms with Crippen molar-refractivity contribution in [1.82, 2.24) is 10.3 Å². The van der Waals surface area contributed by atoms with Crippen molar-refractivity contribution in [2.75, 3.05) is 56.6 Å². The molecule has 0 aliphatic carbocycles. The van der Waals surface area contributed by atoms with Gasteiger partial charge in [0.1, 0.15) is 21.2 Å². The summed E-state index contributed by atoms with van der Waals surface area (Å²) < 4.78 is 21.9. The van der Waals surface area contributed by atoms with E-state index in [0.29, 0.717) is 58.6 Å². The fourth-order valence-corrected chi connectivity index (χ4v) is 5.65. The van der Waals surface area contributed by atoms with Crippen LogP contribution in [-0.4, -0.2) is 56.7 Å². The molecule has 11 nitrogen and oxygen atoms in total. The molecule has 12 heteroatoms. The lowest BCUT2D eigenvalue weighted by molar-refractivity contribution is -0.759. The minimum atomic E-state index is -0.421. The molecule has 1 amide bonds. The zero-order valence-electron chi connectivity index (χ0n) is 21.9. The number of pyridine rings is 1. The van der Waals surface area contributed by atoms with E-state index in [1.165, 1.54) is 11.3 Å². The van der Waals surface area contributed by atoms with Crippen LogP contribution in [0.15, 0.2) is 65.3 Å². The Morgan fingerprint density at radius 3 is 2.62 bits per heavy atom. The van der Waals surface area contributed by atoms with Crippen LogP contribution >= 0.6 is 11.3 Å². The molecule has 2 aromatic carbocycles. The minimum absolute atomic E-state index is 0.195. The van der Waals surface area contributed by atoms with Crippen molar-refractivity contribution >= 4 is 39.0 Å². The number of carbonyl (C=O) groups is 1. The van der Waals surface area contributed by atoms with Crippen LogP contribution in [0.3, 0.4) is 0 Å². The molecule has 6 rings (SSSR count). The molecule has 1 aliphatic rings. The number of ether oxygens (including phenoxy) is 3. The van der Waals surface area contributed by atoms with Gasteiger partial charge in [-0.05, 0) is 24.3 Å². The number of nitrogens with zero attached hydrogens (tertiary/aromatic N) is 4. The van der Waals surface area contributed by atoms with E-state index in [0.717, 1.165) is 22.4 Å². The number of morpholine rings is 1. The zero-order valence-corrected chi connectivity index (χ0v) is 22.7. The smallest absolute Gasteiger partial charge is 0.306 e. The third-order valence-electron chi connectivity index (χ3n) is 6.64. The highest BCUT2D eigenvalue weighted by Gasteiger charge is 2.27. The Kier molecular flexibility index (Phi) is 6.93. The number of nitrogen functional groups attached to an aromatic ring is 1. The lowest BCUT2D eigenvalue weighted by atomic mass is 9.98. The van der Waals surface area contributed by atoms with Crippen LogP contribution in [0.25, 0.3) is 32.6 Å². The Morgan fingerprint density at radius 2 is 1.88 bits per heavy atom. The van der Waals surface area contributed by atoms with Gasteiger partial charge < -0.3 is 19.9 Å². The Morgan fingerprint density at radius 1 is 1.07 bits per heavy atom. The maximum Gasteiger partial charge on any atom is 0.306 e. The number of nitrogens with two attached hydrogens (primary N) is 1. The van der Waals surface area contributed by atoms with E-state index in [2.05, 4.69) is 10.6 Å². The summed E-state index contributed by atoms with van der Waals surface area (Å²) in [5.41, 5.74) is 10.2. The molecule has 0 unspecified atom stereocenters. The number of carbonyl (C=O) groups excluding carboxylic acids is 1. The van der Waals surface area contributed by atoms with Gasteiger partial charge >= 0.3 is 5.88 Å². The summed E-state index contributed by atoms with van der Waals surface area (Å²) in [5, 5.41) is 9.41. The Balaban J connectivity index is 1.44. The number of hydrogen-bond acceptors (Lipinski definition) is 10. The number of aromatic nitrogens is 3. The van der Waals surface area contributed by atoms with Gasteiger partial charge in [0.2, 0.25) is 5.27 Å². The number of fused-ring (bicyclic) bond motifs is 1. The highest BCUT2D eigenvalue weighted by atomic mass is 32.1. The number of amides is 1. The number of nitrogens with one attached hydrogen (secondary N) is 1. The molecule has 0 saturated carbocycles. The molecule has 0 bridgehead atoms. The fourth-order valence-electron chi connectivity index (χ4n) is 4.64. The van der Waals surface area contributed by atoms with Gasteiger partial charge in [0, 0.05) is 22.1 Å². The van der Waals surface area contributed by atoms with E-state index in [9.17, 15) is 4.79 Å². The van der Waals surface area contributed by atoms with Crippen LogP contribution < -0.4 is 30.3 Å². The van der Waals surface area contributed by atoms with Gasteiger partial charge in [-0.1, -0.05) is 30.3 Å². The fraction of sp³-hybridized carbons (Fsp3) is 0.214. The largest absolute Gasteiger partial charge is 0.497 e. The second-order valence-electron chi connectivity index (χ2n) is 9.02. The van der Waals surface area contributed by atoms with Crippen molar-refractivity contribution in [3.05, 3.63) is 65.7 Å². The molecule has 1 saturated heterocycles. The highest BCUT2D eigenvalue weighted by Crippen LogP contribution is 2.44. The van der Waals surface area contributed by atoms with Gasteiger partial charge in [-0.15, -0.1) is 16.3 Å². The Hall–Kier alpha value is -4.68. The standard InChI is InChI=1S/C28H26N6O5S/c1-36-18-8-9-22(37-2)19(14-18)20-15-21(17-6-4-3-5-7-17)30-28-24(20)25(29)26(40-28)27(35)31-23-16-34(32-39-23)33-10-12-38-13-11-33/h3-9,14-16H,10-13H2,1-2H3,(H2-,29,31,32,35)/p+1. The highest BCUT2D eigenvalue weighted by molar-refractivity contribution is 7.21. The first-order valence-corrected chi connectivity index (χ1v) is 13.4. The number of thiophene rings is 1. The SMILES string of the molecule is COc1ccc(OC)c(-c2cc(-c3ccccc3)nc3sc(C(=O)Nc4c[n+](N5CCOCC5)no4)c(N)c23)c1. The monoisotopic (exact) mass is 559 g/mol. The van der Waals surface area contributed by atoms with Gasteiger partial charge in [-0.25, -0.2) is 4.98 Å². The third kappa shape index (κ3) is 4.78. The summed E-state index contributed by atoms with van der Waals surface area (Å²) in [6, 6.07) is 17.3. The van der Waals surface area contributed by atoms with Crippen molar-refractivity contribution in [1.29, 1.82) is 0 Å². The average molecular weight is 560 g/mol. The molecule has 0 radical (unpaired) electrons. The maximum absolute atomic E-state index is 13.4. The van der Waals surface area contributed by atoms with Gasteiger partial charge in [-0.3, -0.25) is 14.6 Å². The second-order valence-corrected chi connectivity index (χ2v) is 10.0. The van der Waals surface area contributed by atoms with Crippen LogP contribution in [-0.2, 0) is 4.74 Å². The van der Waals surface area contributed by atoms with E-state index in [1.807, 2.05) is 59.6 Å². The average Bonchev–Trinajstić information content (AvgIpc) is 3.61. The van der Waals surface area contributed by atoms with Crippen molar-refractivity contribution < 1.29 is 28.3 Å². The van der Waals surface area contributed by atoms with Crippen LogP contribution in [0.1, 0.15) is 9.67 Å². The molecule has 204 valence electrons. The molecule has 3 aromatic heterocycles. The molecule has 40 heavy (non-hydrogen) atoms. The quantitative estimate of drug-likeness (QED) is 0.287. The van der Waals surface area contributed by atoms with Crippen LogP contribution in [0, 0.1) is 0 Å². The van der Waals surface area contributed by atoms with E-state index >= 15 is 0 Å². The van der Waals surface area contributed by atoms with Crippen molar-refractivity contribution in [3.8, 4) is 33.9 Å². The molecular formula is C28H27N6O5S+. The lowest BCUT2D eigenvalue weighted by Crippen LogP contribution is -2.62.